The van der Waals surface area contributed by atoms with E-state index in [1.165, 1.54) is 0 Å². The summed E-state index contributed by atoms with van der Waals surface area (Å²) < 4.78 is 14.1. The van der Waals surface area contributed by atoms with Gasteiger partial charge in [-0.05, 0) is 0 Å². The summed E-state index contributed by atoms with van der Waals surface area (Å²) in [5.41, 5.74) is 0. The van der Waals surface area contributed by atoms with Crippen molar-refractivity contribution in [2.45, 2.75) is 6.10 Å². The van der Waals surface area contributed by atoms with E-state index in [0.717, 1.165) is 0 Å². The normalized spacial score (nSPS) is 22.1. The first kappa shape index (κ1) is 7.89. The summed E-state index contributed by atoms with van der Waals surface area (Å²) in [5.74, 6) is 2.30. The Kier molecular flexibility index (Phi) is 2.75. The molecule has 1 atom stereocenters. The summed E-state index contributed by atoms with van der Waals surface area (Å²) in [5, 5.41) is 0. The highest BCUT2D eigenvalue weighted by Gasteiger charge is 2.24. The third kappa shape index (κ3) is 2.48. The Morgan fingerprint density at radius 2 is 2.64 bits per heavy atom. The predicted octanol–water partition coefficient (Wildman–Crippen LogP) is 0.172. The van der Waals surface area contributed by atoms with E-state index in [2.05, 4.69) is 15.4 Å². The van der Waals surface area contributed by atoms with Crippen LogP contribution >= 0.6 is 0 Å². The summed E-state index contributed by atoms with van der Waals surface area (Å²) in [4.78, 5) is 10.3. The fourth-order valence-electron chi connectivity index (χ4n) is 0.697. The molecule has 11 heavy (non-hydrogen) atoms. The average Bonchev–Trinajstić information content (AvgIpc) is 2.37. The van der Waals surface area contributed by atoms with Crippen LogP contribution in [-0.4, -0.2) is 32.1 Å². The molecule has 4 heteroatoms. The first-order valence-electron chi connectivity index (χ1n) is 3.17. The van der Waals surface area contributed by atoms with Crippen molar-refractivity contribution in [3.8, 4) is 12.3 Å². The maximum absolute atomic E-state index is 10.3. The molecule has 60 valence electrons. The van der Waals surface area contributed by atoms with E-state index in [-0.39, 0.29) is 19.3 Å². The Morgan fingerprint density at radius 1 is 1.82 bits per heavy atom. The lowest BCUT2D eigenvalue weighted by molar-refractivity contribution is 0.0596. The lowest BCUT2D eigenvalue weighted by atomic mass is 10.4. The second-order valence-electron chi connectivity index (χ2n) is 2.02. The van der Waals surface area contributed by atoms with Crippen molar-refractivity contribution in [3.05, 3.63) is 0 Å². The van der Waals surface area contributed by atoms with Crippen LogP contribution in [0.15, 0.2) is 0 Å². The molecule has 0 amide bonds. The number of terminal acetylenes is 1. The largest absolute Gasteiger partial charge is 0.508 e. The third-order valence-electron chi connectivity index (χ3n) is 1.14. The van der Waals surface area contributed by atoms with Gasteiger partial charge < -0.3 is 14.2 Å². The fourth-order valence-corrected chi connectivity index (χ4v) is 0.697. The van der Waals surface area contributed by atoms with Gasteiger partial charge in [-0.2, -0.15) is 0 Å². The second kappa shape index (κ2) is 3.84. The van der Waals surface area contributed by atoms with Crippen LogP contribution < -0.4 is 0 Å². The number of carbonyl (C=O) groups is 1. The zero-order chi connectivity index (χ0) is 8.10. The van der Waals surface area contributed by atoms with Gasteiger partial charge in [0.15, 0.2) is 6.10 Å². The zero-order valence-corrected chi connectivity index (χ0v) is 5.91. The van der Waals surface area contributed by atoms with Gasteiger partial charge in [-0.15, -0.1) is 6.42 Å². The van der Waals surface area contributed by atoms with Crippen LogP contribution in [0.2, 0.25) is 0 Å². The molecule has 4 nitrogen and oxygen atoms in total. The molecule has 1 fully saturated rings. The first-order chi connectivity index (χ1) is 5.33. The minimum absolute atomic E-state index is 0.230. The molecule has 1 rings (SSSR count). The number of ether oxygens (including phenoxy) is 3. The van der Waals surface area contributed by atoms with E-state index < -0.39 is 6.16 Å². The summed E-state index contributed by atoms with van der Waals surface area (Å²) in [6, 6.07) is 0. The molecule has 0 saturated carbocycles. The van der Waals surface area contributed by atoms with Gasteiger partial charge in [0.05, 0.1) is 6.61 Å². The average molecular weight is 156 g/mol. The lowest BCUT2D eigenvalue weighted by Gasteiger charge is -2.03. The van der Waals surface area contributed by atoms with Gasteiger partial charge in [0, 0.05) is 0 Å². The molecule has 0 N–H and O–H groups in total. The van der Waals surface area contributed by atoms with Gasteiger partial charge in [0.25, 0.3) is 0 Å². The molecule has 0 spiro atoms. The van der Waals surface area contributed by atoms with E-state index in [1.54, 1.807) is 0 Å². The van der Waals surface area contributed by atoms with Crippen molar-refractivity contribution in [1.29, 1.82) is 0 Å². The fraction of sp³-hybridized carbons (Fsp3) is 0.571. The van der Waals surface area contributed by atoms with Gasteiger partial charge in [-0.1, -0.05) is 5.92 Å². The smallest absolute Gasteiger partial charge is 0.430 e. The van der Waals surface area contributed by atoms with Gasteiger partial charge in [-0.25, -0.2) is 4.79 Å². The molecule has 0 radical (unpaired) electrons. The predicted molar refractivity (Wildman–Crippen MR) is 35.9 cm³/mol. The van der Waals surface area contributed by atoms with Crippen molar-refractivity contribution < 1.29 is 19.0 Å². The zero-order valence-electron chi connectivity index (χ0n) is 5.91. The molecule has 0 unspecified atom stereocenters. The highest BCUT2D eigenvalue weighted by molar-refractivity contribution is 5.61. The topological polar surface area (TPSA) is 44.8 Å². The maximum Gasteiger partial charge on any atom is 0.508 e. The Balaban J connectivity index is 2.09. The Hall–Kier alpha value is -1.21. The standard InChI is InChI=1S/C7H8O4/c1-2-3-9-4-6-5-10-7(8)11-6/h1,6H,3-5H2/t6-/m0/s1. The van der Waals surface area contributed by atoms with Crippen molar-refractivity contribution in [2.75, 3.05) is 19.8 Å². The van der Waals surface area contributed by atoms with Crippen LogP contribution in [0.25, 0.3) is 0 Å². The van der Waals surface area contributed by atoms with Crippen LogP contribution in [0.5, 0.6) is 0 Å². The van der Waals surface area contributed by atoms with Gasteiger partial charge >= 0.3 is 6.16 Å². The molecule has 0 aromatic rings. The van der Waals surface area contributed by atoms with Crippen LogP contribution in [0.4, 0.5) is 4.79 Å². The summed E-state index contributed by atoms with van der Waals surface area (Å²) in [6.45, 7) is 0.785. The molecule has 0 aromatic heterocycles. The number of cyclic esters (lactones) is 2. The van der Waals surface area contributed by atoms with E-state index in [9.17, 15) is 4.79 Å². The van der Waals surface area contributed by atoms with E-state index >= 15 is 0 Å². The highest BCUT2D eigenvalue weighted by Crippen LogP contribution is 2.05. The number of hydrogen-bond donors (Lipinski definition) is 0. The molecule has 0 aromatic carbocycles. The highest BCUT2D eigenvalue weighted by atomic mass is 16.8. The summed E-state index contributed by atoms with van der Waals surface area (Å²) in [6.07, 6.45) is 3.99. The Bertz CT molecular complexity index is 181. The number of rotatable bonds is 3. The molecular formula is C7H8O4. The van der Waals surface area contributed by atoms with E-state index in [0.29, 0.717) is 6.61 Å². The minimum atomic E-state index is -0.640. The van der Waals surface area contributed by atoms with Crippen molar-refractivity contribution >= 4 is 6.16 Å². The quantitative estimate of drug-likeness (QED) is 0.332. The maximum atomic E-state index is 10.3. The van der Waals surface area contributed by atoms with Crippen LogP contribution in [-0.2, 0) is 14.2 Å². The molecule has 1 saturated heterocycles. The van der Waals surface area contributed by atoms with Crippen LogP contribution in [0.1, 0.15) is 0 Å². The molecule has 1 heterocycles. The SMILES string of the molecule is C#CCOC[C@H]1COC(=O)O1. The van der Waals surface area contributed by atoms with Crippen molar-refractivity contribution in [1.82, 2.24) is 0 Å². The third-order valence-corrected chi connectivity index (χ3v) is 1.14. The number of carbonyl (C=O) groups excluding carboxylic acids is 1. The Labute approximate surface area is 64.4 Å². The van der Waals surface area contributed by atoms with Gasteiger partial charge in [-0.3, -0.25) is 0 Å². The second-order valence-corrected chi connectivity index (χ2v) is 2.02. The molecule has 0 aliphatic carbocycles. The van der Waals surface area contributed by atoms with Gasteiger partial charge in [0.2, 0.25) is 0 Å². The number of hydrogen-bond acceptors (Lipinski definition) is 4. The monoisotopic (exact) mass is 156 g/mol. The Morgan fingerprint density at radius 3 is 3.18 bits per heavy atom. The molecular weight excluding hydrogens is 148 g/mol. The molecule has 0 bridgehead atoms. The first-order valence-corrected chi connectivity index (χ1v) is 3.17. The van der Waals surface area contributed by atoms with Crippen molar-refractivity contribution in [2.24, 2.45) is 0 Å². The summed E-state index contributed by atoms with van der Waals surface area (Å²) >= 11 is 0. The molecule has 1 aliphatic rings. The summed E-state index contributed by atoms with van der Waals surface area (Å²) in [7, 11) is 0. The lowest BCUT2D eigenvalue weighted by Crippen LogP contribution is -2.17. The van der Waals surface area contributed by atoms with Crippen LogP contribution in [0.3, 0.4) is 0 Å². The minimum Gasteiger partial charge on any atom is -0.430 e. The van der Waals surface area contributed by atoms with Crippen molar-refractivity contribution in [3.63, 3.8) is 0 Å². The van der Waals surface area contributed by atoms with E-state index in [4.69, 9.17) is 11.2 Å². The molecule has 1 aliphatic heterocycles. The van der Waals surface area contributed by atoms with Crippen LogP contribution in [0, 0.1) is 12.3 Å². The van der Waals surface area contributed by atoms with E-state index in [1.807, 2.05) is 0 Å². The van der Waals surface area contributed by atoms with Gasteiger partial charge in [0.1, 0.15) is 13.2 Å².